The first-order chi connectivity index (χ1) is 8.17. The van der Waals surface area contributed by atoms with E-state index in [4.69, 9.17) is 5.26 Å². The Kier molecular flexibility index (Phi) is 4.70. The summed E-state index contributed by atoms with van der Waals surface area (Å²) in [6.45, 7) is 3.82. The van der Waals surface area contributed by atoms with Gasteiger partial charge in [0.15, 0.2) is 0 Å². The zero-order chi connectivity index (χ0) is 12.7. The summed E-state index contributed by atoms with van der Waals surface area (Å²) in [5.41, 5.74) is 4.11. The van der Waals surface area contributed by atoms with Crippen LogP contribution in [0.1, 0.15) is 12.5 Å². The van der Waals surface area contributed by atoms with Crippen molar-refractivity contribution >= 4 is 17.4 Å². The molecule has 1 N–H and O–H groups in total. The molecular weight excluding hydrogens is 218 g/mol. The number of benzene rings is 1. The molecule has 0 spiro atoms. The van der Waals surface area contributed by atoms with Crippen molar-refractivity contribution in [2.45, 2.75) is 13.8 Å². The fourth-order valence-corrected chi connectivity index (χ4v) is 1.15. The number of rotatable bonds is 4. The van der Waals surface area contributed by atoms with Crippen LogP contribution in [0.25, 0.3) is 0 Å². The Bertz CT molecular complexity index is 475. The maximum Gasteiger partial charge on any atom is 0.369 e. The second-order valence-electron chi connectivity index (χ2n) is 3.27. The molecule has 0 fully saturated rings. The van der Waals surface area contributed by atoms with Gasteiger partial charge in [-0.05, 0) is 31.5 Å². The minimum atomic E-state index is -0.727. The van der Waals surface area contributed by atoms with Gasteiger partial charge in [0.05, 0.1) is 12.3 Å². The van der Waals surface area contributed by atoms with Crippen LogP contribution in [0.15, 0.2) is 29.4 Å². The van der Waals surface area contributed by atoms with E-state index in [2.05, 4.69) is 15.3 Å². The van der Waals surface area contributed by atoms with E-state index in [1.165, 1.54) is 0 Å². The van der Waals surface area contributed by atoms with Crippen LogP contribution < -0.4 is 5.43 Å². The highest BCUT2D eigenvalue weighted by atomic mass is 16.5. The van der Waals surface area contributed by atoms with Gasteiger partial charge in [0.1, 0.15) is 6.07 Å². The van der Waals surface area contributed by atoms with Gasteiger partial charge in [-0.15, -0.1) is 0 Å². The number of ether oxygens (including phenoxy) is 1. The molecule has 1 aromatic rings. The SMILES string of the molecule is CCOC(=O)/C(C#N)=N\Nc1cccc(C)c1. The molecule has 5 heteroatoms. The molecule has 0 bridgehead atoms. The summed E-state index contributed by atoms with van der Waals surface area (Å²) >= 11 is 0. The van der Waals surface area contributed by atoms with Gasteiger partial charge in [0, 0.05) is 0 Å². The van der Waals surface area contributed by atoms with Crippen LogP contribution in [0.5, 0.6) is 0 Å². The van der Waals surface area contributed by atoms with Crippen molar-refractivity contribution in [2.24, 2.45) is 5.10 Å². The Morgan fingerprint density at radius 1 is 1.59 bits per heavy atom. The second-order valence-corrected chi connectivity index (χ2v) is 3.27. The van der Waals surface area contributed by atoms with Crippen LogP contribution in [0.4, 0.5) is 5.69 Å². The third-order valence-corrected chi connectivity index (χ3v) is 1.89. The molecule has 0 atom stereocenters. The molecule has 88 valence electrons. The number of anilines is 1. The maximum absolute atomic E-state index is 11.2. The highest BCUT2D eigenvalue weighted by Crippen LogP contribution is 2.09. The predicted octanol–water partition coefficient (Wildman–Crippen LogP) is 1.85. The van der Waals surface area contributed by atoms with Crippen molar-refractivity contribution in [1.29, 1.82) is 5.26 Å². The van der Waals surface area contributed by atoms with Gasteiger partial charge in [-0.3, -0.25) is 5.43 Å². The van der Waals surface area contributed by atoms with E-state index >= 15 is 0 Å². The summed E-state index contributed by atoms with van der Waals surface area (Å²) in [6.07, 6.45) is 0. The third kappa shape index (κ3) is 3.95. The van der Waals surface area contributed by atoms with Crippen molar-refractivity contribution in [2.75, 3.05) is 12.0 Å². The minimum absolute atomic E-state index is 0.212. The third-order valence-electron chi connectivity index (χ3n) is 1.89. The van der Waals surface area contributed by atoms with E-state index in [9.17, 15) is 4.79 Å². The van der Waals surface area contributed by atoms with Crippen molar-refractivity contribution in [1.82, 2.24) is 0 Å². The van der Waals surface area contributed by atoms with Gasteiger partial charge in [0.2, 0.25) is 5.71 Å². The lowest BCUT2D eigenvalue weighted by molar-refractivity contribution is -0.134. The largest absolute Gasteiger partial charge is 0.461 e. The number of hydrogen-bond acceptors (Lipinski definition) is 5. The number of aryl methyl sites for hydroxylation is 1. The number of carbonyl (C=O) groups is 1. The Labute approximate surface area is 99.7 Å². The zero-order valence-corrected chi connectivity index (χ0v) is 9.73. The molecule has 1 aromatic carbocycles. The molecule has 17 heavy (non-hydrogen) atoms. The Morgan fingerprint density at radius 2 is 2.35 bits per heavy atom. The molecule has 0 aliphatic heterocycles. The smallest absolute Gasteiger partial charge is 0.369 e. The Hall–Kier alpha value is -2.35. The van der Waals surface area contributed by atoms with Crippen LogP contribution in [0.2, 0.25) is 0 Å². The monoisotopic (exact) mass is 231 g/mol. The van der Waals surface area contributed by atoms with Gasteiger partial charge in [0.25, 0.3) is 0 Å². The highest BCUT2D eigenvalue weighted by Gasteiger charge is 2.11. The Morgan fingerprint density at radius 3 is 2.94 bits per heavy atom. The first kappa shape index (κ1) is 12.7. The Balaban J connectivity index is 2.75. The molecule has 0 amide bonds. The first-order valence-electron chi connectivity index (χ1n) is 5.15. The van der Waals surface area contributed by atoms with Gasteiger partial charge in [-0.25, -0.2) is 4.79 Å². The number of nitriles is 1. The quantitative estimate of drug-likeness (QED) is 0.487. The molecule has 0 aromatic heterocycles. The van der Waals surface area contributed by atoms with Gasteiger partial charge in [-0.2, -0.15) is 10.4 Å². The standard InChI is InChI=1S/C12H13N3O2/c1-3-17-12(16)11(8-13)15-14-10-6-4-5-9(2)7-10/h4-7,14H,3H2,1-2H3/b15-11-. The summed E-state index contributed by atoms with van der Waals surface area (Å²) in [5.74, 6) is -0.727. The topological polar surface area (TPSA) is 74.5 Å². The fraction of sp³-hybridized carbons (Fsp3) is 0.250. The van der Waals surface area contributed by atoms with Gasteiger partial charge >= 0.3 is 5.97 Å². The number of hydrogen-bond donors (Lipinski definition) is 1. The molecular formula is C12H13N3O2. The van der Waals surface area contributed by atoms with E-state index in [0.29, 0.717) is 5.69 Å². The average Bonchev–Trinajstić information content (AvgIpc) is 2.30. The fourth-order valence-electron chi connectivity index (χ4n) is 1.15. The van der Waals surface area contributed by atoms with E-state index in [-0.39, 0.29) is 12.3 Å². The number of carbonyl (C=O) groups excluding carboxylic acids is 1. The summed E-state index contributed by atoms with van der Waals surface area (Å²) in [6, 6.07) is 9.11. The molecule has 0 aliphatic rings. The van der Waals surface area contributed by atoms with Crippen LogP contribution in [0.3, 0.4) is 0 Å². The van der Waals surface area contributed by atoms with E-state index in [0.717, 1.165) is 5.56 Å². The van der Waals surface area contributed by atoms with E-state index in [1.54, 1.807) is 19.1 Å². The predicted molar refractivity (Wildman–Crippen MR) is 64.5 cm³/mol. The van der Waals surface area contributed by atoms with Crippen LogP contribution >= 0.6 is 0 Å². The molecule has 0 unspecified atom stereocenters. The number of hydrazone groups is 1. The summed E-state index contributed by atoms with van der Waals surface area (Å²) < 4.78 is 4.67. The second kappa shape index (κ2) is 6.28. The summed E-state index contributed by atoms with van der Waals surface area (Å²) in [5, 5.41) is 12.4. The lowest BCUT2D eigenvalue weighted by Crippen LogP contribution is -2.17. The lowest BCUT2D eigenvalue weighted by atomic mass is 10.2. The van der Waals surface area contributed by atoms with Crippen molar-refractivity contribution in [3.05, 3.63) is 29.8 Å². The van der Waals surface area contributed by atoms with Crippen LogP contribution in [-0.2, 0) is 9.53 Å². The highest BCUT2D eigenvalue weighted by molar-refractivity contribution is 6.43. The molecule has 5 nitrogen and oxygen atoms in total. The molecule has 0 heterocycles. The van der Waals surface area contributed by atoms with Crippen molar-refractivity contribution < 1.29 is 9.53 Å². The summed E-state index contributed by atoms with van der Waals surface area (Å²) in [4.78, 5) is 11.2. The molecule has 0 aliphatic carbocycles. The average molecular weight is 231 g/mol. The maximum atomic E-state index is 11.2. The number of nitrogens with zero attached hydrogens (tertiary/aromatic N) is 2. The van der Waals surface area contributed by atoms with Crippen molar-refractivity contribution in [3.63, 3.8) is 0 Å². The zero-order valence-electron chi connectivity index (χ0n) is 9.73. The van der Waals surface area contributed by atoms with Crippen LogP contribution in [-0.4, -0.2) is 18.3 Å². The first-order valence-corrected chi connectivity index (χ1v) is 5.15. The van der Waals surface area contributed by atoms with Gasteiger partial charge < -0.3 is 4.74 Å². The van der Waals surface area contributed by atoms with Crippen LogP contribution in [0, 0.1) is 18.3 Å². The van der Waals surface area contributed by atoms with Crippen molar-refractivity contribution in [3.8, 4) is 6.07 Å². The lowest BCUT2D eigenvalue weighted by Gasteiger charge is -2.02. The minimum Gasteiger partial charge on any atom is -0.461 e. The van der Waals surface area contributed by atoms with E-state index < -0.39 is 5.97 Å². The molecule has 0 radical (unpaired) electrons. The number of esters is 1. The summed E-state index contributed by atoms with van der Waals surface area (Å²) in [7, 11) is 0. The molecule has 0 saturated heterocycles. The van der Waals surface area contributed by atoms with E-state index in [1.807, 2.05) is 25.1 Å². The number of nitrogens with one attached hydrogen (secondary N) is 1. The van der Waals surface area contributed by atoms with Gasteiger partial charge in [-0.1, -0.05) is 12.1 Å². The molecule has 0 saturated carbocycles. The normalized spacial score (nSPS) is 10.5. The molecule has 1 rings (SSSR count).